The third-order valence-electron chi connectivity index (χ3n) is 3.78. The average molecular weight is 320 g/mol. The Kier molecular flexibility index (Phi) is 6.19. The smallest absolute Gasteiger partial charge is 0.423 e. The lowest BCUT2D eigenvalue weighted by Gasteiger charge is -2.39. The van der Waals surface area contributed by atoms with Crippen molar-refractivity contribution in [2.45, 2.75) is 60.4 Å². The maximum absolute atomic E-state index is 12.9. The van der Waals surface area contributed by atoms with Gasteiger partial charge in [0.15, 0.2) is 0 Å². The molecular formula is C18H28N2O3. The minimum absolute atomic E-state index is 0.225. The molecule has 1 aromatic rings. The summed E-state index contributed by atoms with van der Waals surface area (Å²) in [5.74, 6) is -0.312. The first kappa shape index (κ1) is 19.0. The van der Waals surface area contributed by atoms with Gasteiger partial charge in [0, 0.05) is 5.56 Å². The highest BCUT2D eigenvalue weighted by atomic mass is 16.4. The van der Waals surface area contributed by atoms with Crippen molar-refractivity contribution in [2.75, 3.05) is 0 Å². The minimum Gasteiger partial charge on any atom is -0.464 e. The molecule has 1 atom stereocenters. The second-order valence-corrected chi connectivity index (χ2v) is 7.14. The van der Waals surface area contributed by atoms with Crippen LogP contribution in [0, 0.1) is 19.3 Å². The largest absolute Gasteiger partial charge is 0.464 e. The Hall–Kier alpha value is -2.04. The highest BCUT2D eigenvalue weighted by Gasteiger charge is 2.34. The number of hydrogen-bond donors (Lipinski definition) is 2. The fourth-order valence-electron chi connectivity index (χ4n) is 2.83. The van der Waals surface area contributed by atoms with E-state index >= 15 is 0 Å². The Balaban J connectivity index is 3.28. The monoisotopic (exact) mass is 320 g/mol. The van der Waals surface area contributed by atoms with E-state index in [0.29, 0.717) is 5.56 Å². The lowest BCUT2D eigenvalue weighted by Crippen LogP contribution is -2.56. The number of nitrogens with one attached hydrogen (secondary N) is 1. The lowest BCUT2D eigenvalue weighted by molar-refractivity contribution is 0.0301. The summed E-state index contributed by atoms with van der Waals surface area (Å²) in [6.07, 6.45) is 0.355. The lowest BCUT2D eigenvalue weighted by atomic mass is 9.83. The third kappa shape index (κ3) is 5.27. The SMILES string of the molecule is CCC[C@@H](N(NC(=O)O)C(=O)c1cc(C)cc(C)c1)C(C)(C)C. The summed E-state index contributed by atoms with van der Waals surface area (Å²) in [4.78, 5) is 24.2. The van der Waals surface area contributed by atoms with Crippen molar-refractivity contribution in [1.82, 2.24) is 10.4 Å². The minimum atomic E-state index is -1.23. The number of carboxylic acid groups (broad SMARTS) is 1. The average Bonchev–Trinajstić information content (AvgIpc) is 2.39. The van der Waals surface area contributed by atoms with E-state index in [0.717, 1.165) is 24.0 Å². The number of rotatable bonds is 4. The molecule has 0 unspecified atom stereocenters. The van der Waals surface area contributed by atoms with Crippen LogP contribution in [0.4, 0.5) is 4.79 Å². The highest BCUT2D eigenvalue weighted by Crippen LogP contribution is 2.28. The summed E-state index contributed by atoms with van der Waals surface area (Å²) in [6, 6.07) is 5.34. The zero-order chi connectivity index (χ0) is 17.8. The van der Waals surface area contributed by atoms with Gasteiger partial charge in [-0.25, -0.2) is 15.2 Å². The van der Waals surface area contributed by atoms with Gasteiger partial charge in [0.05, 0.1) is 6.04 Å². The summed E-state index contributed by atoms with van der Waals surface area (Å²) in [6.45, 7) is 11.9. The highest BCUT2D eigenvalue weighted by molar-refractivity contribution is 5.95. The van der Waals surface area contributed by atoms with Gasteiger partial charge < -0.3 is 5.11 Å². The van der Waals surface area contributed by atoms with Crippen molar-refractivity contribution in [2.24, 2.45) is 5.41 Å². The third-order valence-corrected chi connectivity index (χ3v) is 3.78. The standard InChI is InChI=1S/C18H28N2O3/c1-7-8-15(18(4,5)6)20(19-17(22)23)16(21)14-10-12(2)9-13(3)11-14/h9-11,15,19H,7-8H2,1-6H3,(H,22,23)/t15-/m1/s1. The Morgan fingerprint density at radius 1 is 1.17 bits per heavy atom. The number of carbonyl (C=O) groups excluding carboxylic acids is 1. The summed E-state index contributed by atoms with van der Waals surface area (Å²) in [7, 11) is 0. The summed E-state index contributed by atoms with van der Waals surface area (Å²) in [5, 5.41) is 10.4. The molecule has 128 valence electrons. The van der Waals surface area contributed by atoms with Gasteiger partial charge in [-0.3, -0.25) is 4.79 Å². The van der Waals surface area contributed by atoms with Gasteiger partial charge in [-0.1, -0.05) is 51.3 Å². The van der Waals surface area contributed by atoms with E-state index in [2.05, 4.69) is 5.43 Å². The number of carbonyl (C=O) groups is 2. The van der Waals surface area contributed by atoms with Crippen LogP contribution in [0.1, 0.15) is 62.0 Å². The van der Waals surface area contributed by atoms with E-state index < -0.39 is 6.09 Å². The first-order chi connectivity index (χ1) is 10.6. The molecule has 5 nitrogen and oxygen atoms in total. The molecule has 0 aliphatic heterocycles. The van der Waals surface area contributed by atoms with Gasteiger partial charge in [-0.05, 0) is 37.8 Å². The summed E-state index contributed by atoms with van der Waals surface area (Å²) in [5.41, 5.74) is 4.52. The Labute approximate surface area is 138 Å². The number of nitrogens with zero attached hydrogens (tertiary/aromatic N) is 1. The fraction of sp³-hybridized carbons (Fsp3) is 0.556. The second kappa shape index (κ2) is 7.49. The van der Waals surface area contributed by atoms with Crippen molar-refractivity contribution < 1.29 is 14.7 Å². The van der Waals surface area contributed by atoms with E-state index in [-0.39, 0.29) is 17.4 Å². The molecule has 0 heterocycles. The summed E-state index contributed by atoms with van der Waals surface area (Å²) >= 11 is 0. The van der Waals surface area contributed by atoms with Crippen LogP contribution in [-0.4, -0.2) is 28.2 Å². The molecule has 0 saturated carbocycles. The predicted molar refractivity (Wildman–Crippen MR) is 91.4 cm³/mol. The topological polar surface area (TPSA) is 69.6 Å². The van der Waals surface area contributed by atoms with E-state index in [4.69, 9.17) is 5.11 Å². The molecule has 0 fully saturated rings. The van der Waals surface area contributed by atoms with Gasteiger partial charge in [0.2, 0.25) is 0 Å². The molecule has 0 spiro atoms. The molecule has 1 aromatic carbocycles. The molecule has 0 aliphatic carbocycles. The normalized spacial score (nSPS) is 12.6. The molecule has 0 radical (unpaired) electrons. The van der Waals surface area contributed by atoms with Gasteiger partial charge in [0.1, 0.15) is 0 Å². The molecule has 23 heavy (non-hydrogen) atoms. The maximum atomic E-state index is 12.9. The number of hydrogen-bond acceptors (Lipinski definition) is 2. The van der Waals surface area contributed by atoms with E-state index in [1.807, 2.05) is 47.6 Å². The zero-order valence-electron chi connectivity index (χ0n) is 14.9. The van der Waals surface area contributed by atoms with Crippen LogP contribution >= 0.6 is 0 Å². The molecule has 0 aliphatic rings. The van der Waals surface area contributed by atoms with Crippen molar-refractivity contribution >= 4 is 12.0 Å². The Bertz CT molecular complexity index is 556. The molecule has 2 amide bonds. The molecule has 2 N–H and O–H groups in total. The fourth-order valence-corrected chi connectivity index (χ4v) is 2.83. The van der Waals surface area contributed by atoms with Gasteiger partial charge >= 0.3 is 6.09 Å². The predicted octanol–water partition coefficient (Wildman–Crippen LogP) is 4.14. The van der Waals surface area contributed by atoms with Gasteiger partial charge in [0.25, 0.3) is 5.91 Å². The molecular weight excluding hydrogens is 292 g/mol. The zero-order valence-corrected chi connectivity index (χ0v) is 14.9. The maximum Gasteiger partial charge on any atom is 0.423 e. The van der Waals surface area contributed by atoms with Crippen molar-refractivity contribution in [1.29, 1.82) is 0 Å². The van der Waals surface area contributed by atoms with Crippen LogP contribution < -0.4 is 5.43 Å². The van der Waals surface area contributed by atoms with Gasteiger partial charge in [-0.15, -0.1) is 0 Å². The Morgan fingerprint density at radius 2 is 1.70 bits per heavy atom. The van der Waals surface area contributed by atoms with Crippen molar-refractivity contribution in [3.63, 3.8) is 0 Å². The number of amides is 2. The van der Waals surface area contributed by atoms with E-state index in [9.17, 15) is 9.59 Å². The van der Waals surface area contributed by atoms with E-state index in [1.165, 1.54) is 5.01 Å². The number of hydrazine groups is 1. The van der Waals surface area contributed by atoms with Crippen LogP contribution in [0.25, 0.3) is 0 Å². The first-order valence-electron chi connectivity index (χ1n) is 7.97. The molecule has 1 rings (SSSR count). The molecule has 0 aromatic heterocycles. The molecule has 0 saturated heterocycles. The number of benzene rings is 1. The van der Waals surface area contributed by atoms with Crippen LogP contribution in [0.5, 0.6) is 0 Å². The summed E-state index contributed by atoms with van der Waals surface area (Å²) < 4.78 is 0. The first-order valence-corrected chi connectivity index (χ1v) is 7.97. The van der Waals surface area contributed by atoms with Gasteiger partial charge in [-0.2, -0.15) is 0 Å². The second-order valence-electron chi connectivity index (χ2n) is 7.14. The van der Waals surface area contributed by atoms with Crippen molar-refractivity contribution in [3.8, 4) is 0 Å². The van der Waals surface area contributed by atoms with Crippen molar-refractivity contribution in [3.05, 3.63) is 34.9 Å². The van der Waals surface area contributed by atoms with Crippen LogP contribution in [-0.2, 0) is 0 Å². The molecule has 0 bridgehead atoms. The van der Waals surface area contributed by atoms with Crippen LogP contribution in [0.3, 0.4) is 0 Å². The Morgan fingerprint density at radius 3 is 2.09 bits per heavy atom. The quantitative estimate of drug-likeness (QED) is 0.819. The molecule has 5 heteroatoms. The number of aryl methyl sites for hydroxylation is 2. The van der Waals surface area contributed by atoms with E-state index in [1.54, 1.807) is 12.1 Å². The van der Waals surface area contributed by atoms with Crippen LogP contribution in [0.15, 0.2) is 18.2 Å². The van der Waals surface area contributed by atoms with Crippen LogP contribution in [0.2, 0.25) is 0 Å².